The van der Waals surface area contributed by atoms with E-state index in [-0.39, 0.29) is 22.9 Å². The summed E-state index contributed by atoms with van der Waals surface area (Å²) in [5.41, 5.74) is 1.06. The van der Waals surface area contributed by atoms with Crippen molar-refractivity contribution >= 4 is 16.7 Å². The lowest BCUT2D eigenvalue weighted by molar-refractivity contribution is 0.0607. The van der Waals surface area contributed by atoms with E-state index in [1.165, 1.54) is 18.5 Å². The Kier molecular flexibility index (Phi) is 2.89. The molecular weight excluding hydrogens is 302 g/mol. The Morgan fingerprint density at radius 1 is 1.30 bits per heavy atom. The van der Waals surface area contributed by atoms with E-state index in [1.54, 1.807) is 26.0 Å². The lowest BCUT2D eigenvalue weighted by atomic mass is 10.0. The summed E-state index contributed by atoms with van der Waals surface area (Å²) in [6.45, 7) is -1.99. The number of aromatic nitrogens is 4. The highest BCUT2D eigenvalue weighted by molar-refractivity contribution is 6.07. The summed E-state index contributed by atoms with van der Waals surface area (Å²) < 4.78 is 50.1. The summed E-state index contributed by atoms with van der Waals surface area (Å²) in [7, 11) is 0. The Morgan fingerprint density at radius 3 is 2.70 bits per heavy atom. The van der Waals surface area contributed by atoms with E-state index in [0.29, 0.717) is 21.2 Å². The normalized spacial score (nSPS) is 14.3. The molecule has 0 aliphatic rings. The molecule has 0 amide bonds. The lowest BCUT2D eigenvalue weighted by Gasteiger charge is -2.02. The van der Waals surface area contributed by atoms with Crippen molar-refractivity contribution in [3.8, 4) is 11.1 Å². The number of rotatable bonds is 4. The molecule has 0 aliphatic heterocycles. The summed E-state index contributed by atoms with van der Waals surface area (Å²) in [6.07, 6.45) is 2.66. The minimum absolute atomic E-state index is 0.0000340. The van der Waals surface area contributed by atoms with Crippen molar-refractivity contribution in [3.63, 3.8) is 0 Å². The first-order valence-electron chi connectivity index (χ1n) is 8.49. The van der Waals surface area contributed by atoms with E-state index in [9.17, 15) is 13.6 Å². The molecule has 0 aliphatic carbocycles. The van der Waals surface area contributed by atoms with Crippen LogP contribution in [0.5, 0.6) is 0 Å². The number of hydrogen-bond donors (Lipinski definition) is 0. The Labute approximate surface area is 135 Å². The van der Waals surface area contributed by atoms with Gasteiger partial charge in [-0.15, -0.1) is 0 Å². The smallest absolute Gasteiger partial charge is 0.292 e. The first-order chi connectivity index (χ1) is 12.1. The van der Waals surface area contributed by atoms with E-state index in [0.717, 1.165) is 4.68 Å². The lowest BCUT2D eigenvalue weighted by Crippen LogP contribution is -2.10. The molecule has 2 heterocycles. The molecule has 0 radical (unpaired) electrons. The van der Waals surface area contributed by atoms with Crippen molar-refractivity contribution in [1.29, 1.82) is 0 Å². The summed E-state index contributed by atoms with van der Waals surface area (Å²) in [5.74, 6) is -0.700. The molecule has 0 saturated carbocycles. The number of nitrogens with zero attached hydrogens (tertiary/aromatic N) is 4. The molecule has 3 aromatic rings. The third kappa shape index (κ3) is 2.62. The van der Waals surface area contributed by atoms with Gasteiger partial charge in [-0.2, -0.15) is 19.0 Å². The third-order valence-corrected chi connectivity index (χ3v) is 3.57. The van der Waals surface area contributed by atoms with Crippen LogP contribution in [0.3, 0.4) is 0 Å². The van der Waals surface area contributed by atoms with Crippen LogP contribution in [0.2, 0.25) is 0 Å². The van der Waals surface area contributed by atoms with E-state index in [1.807, 2.05) is 0 Å². The number of hydrogen-bond acceptors (Lipinski definition) is 3. The molecular formula is C16H16F2N4O. The van der Waals surface area contributed by atoms with Crippen LogP contribution < -0.4 is 0 Å². The molecule has 5 nitrogen and oxygen atoms in total. The van der Waals surface area contributed by atoms with Crippen LogP contribution in [-0.2, 0) is 6.98 Å². The quantitative estimate of drug-likeness (QED) is 0.689. The molecule has 0 unspecified atom stereocenters. The zero-order chi connectivity index (χ0) is 19.2. The molecule has 7 heteroatoms. The van der Waals surface area contributed by atoms with Gasteiger partial charge in [0, 0.05) is 34.2 Å². The van der Waals surface area contributed by atoms with Crippen LogP contribution in [0, 0.1) is 5.92 Å². The second-order valence-corrected chi connectivity index (χ2v) is 5.50. The average molecular weight is 321 g/mol. The van der Waals surface area contributed by atoms with Gasteiger partial charge < -0.3 is 0 Å². The largest absolute Gasteiger partial charge is 0.333 e. The topological polar surface area (TPSA) is 52.7 Å². The van der Waals surface area contributed by atoms with Crippen molar-refractivity contribution in [2.45, 2.75) is 20.4 Å². The fourth-order valence-electron chi connectivity index (χ4n) is 2.39. The molecule has 0 saturated heterocycles. The van der Waals surface area contributed by atoms with Crippen LogP contribution in [0.4, 0.5) is 8.78 Å². The third-order valence-electron chi connectivity index (χ3n) is 3.57. The van der Waals surface area contributed by atoms with E-state index >= 15 is 0 Å². The van der Waals surface area contributed by atoms with Crippen LogP contribution in [-0.4, -0.2) is 25.3 Å². The van der Waals surface area contributed by atoms with Crippen molar-refractivity contribution in [2.75, 3.05) is 0 Å². The Morgan fingerprint density at radius 2 is 2.09 bits per heavy atom. The number of ketones is 1. The standard InChI is InChI=1S/C16H16F2N4O/c1-9(2)15(23)14-12-5-4-10(11-7-19-21(3)8-11)6-13(12)22(20-14)16(17)18/h4-9,16H,1-3H3/i3D3. The maximum absolute atomic E-state index is 13.4. The summed E-state index contributed by atoms with van der Waals surface area (Å²) in [4.78, 5) is 12.3. The first-order valence-corrected chi connectivity index (χ1v) is 6.99. The minimum Gasteiger partial charge on any atom is -0.292 e. The predicted octanol–water partition coefficient (Wildman–Crippen LogP) is 3.67. The van der Waals surface area contributed by atoms with Gasteiger partial charge in [-0.25, -0.2) is 4.68 Å². The number of alkyl halides is 2. The highest BCUT2D eigenvalue weighted by Gasteiger charge is 2.23. The van der Waals surface area contributed by atoms with Gasteiger partial charge in [0.05, 0.1) is 11.7 Å². The Balaban J connectivity index is 2.15. The zero-order valence-electron chi connectivity index (χ0n) is 15.5. The second kappa shape index (κ2) is 5.57. The first kappa shape index (κ1) is 11.9. The van der Waals surface area contributed by atoms with Crippen molar-refractivity contribution in [1.82, 2.24) is 19.6 Å². The highest BCUT2D eigenvalue weighted by atomic mass is 19.3. The molecule has 0 atom stereocenters. The zero-order valence-corrected chi connectivity index (χ0v) is 12.5. The maximum atomic E-state index is 13.4. The molecule has 0 N–H and O–H groups in total. The van der Waals surface area contributed by atoms with Gasteiger partial charge in [-0.1, -0.05) is 19.9 Å². The minimum atomic E-state index is -2.91. The predicted molar refractivity (Wildman–Crippen MR) is 82.4 cm³/mol. The van der Waals surface area contributed by atoms with Crippen LogP contribution >= 0.6 is 0 Å². The number of aryl methyl sites for hydroxylation is 1. The number of fused-ring (bicyclic) bond motifs is 1. The molecule has 2 aromatic heterocycles. The average Bonchev–Trinajstić information content (AvgIpc) is 3.18. The molecule has 0 spiro atoms. The van der Waals surface area contributed by atoms with Crippen LogP contribution in [0.25, 0.3) is 22.0 Å². The van der Waals surface area contributed by atoms with Gasteiger partial charge in [-0.05, 0) is 17.7 Å². The van der Waals surface area contributed by atoms with Gasteiger partial charge in [0.2, 0.25) is 0 Å². The highest BCUT2D eigenvalue weighted by Crippen LogP contribution is 2.29. The summed E-state index contributed by atoms with van der Waals surface area (Å²) in [6, 6.07) is 4.61. The SMILES string of the molecule is [2H]C([2H])([2H])n1cc(-c2ccc3c(C(=O)C(C)C)nn(C(F)F)c3c2)cn1. The molecule has 120 valence electrons. The van der Waals surface area contributed by atoms with Gasteiger partial charge in [0.1, 0.15) is 5.69 Å². The van der Waals surface area contributed by atoms with Crippen molar-refractivity contribution in [3.05, 3.63) is 36.3 Å². The van der Waals surface area contributed by atoms with Crippen molar-refractivity contribution < 1.29 is 17.7 Å². The number of carbonyl (C=O) groups excluding carboxylic acids is 1. The molecule has 0 bridgehead atoms. The molecule has 3 rings (SSSR count). The second-order valence-electron chi connectivity index (χ2n) is 5.50. The van der Waals surface area contributed by atoms with Crippen LogP contribution in [0.1, 0.15) is 35.0 Å². The Hall–Kier alpha value is -2.57. The Bertz CT molecular complexity index is 976. The maximum Gasteiger partial charge on any atom is 0.333 e. The van der Waals surface area contributed by atoms with Gasteiger partial charge in [0.25, 0.3) is 0 Å². The number of benzene rings is 1. The van der Waals surface area contributed by atoms with E-state index in [2.05, 4.69) is 10.2 Å². The molecule has 23 heavy (non-hydrogen) atoms. The van der Waals surface area contributed by atoms with Crippen molar-refractivity contribution in [2.24, 2.45) is 12.9 Å². The number of carbonyl (C=O) groups is 1. The fraction of sp³-hybridized carbons (Fsp3) is 0.312. The van der Waals surface area contributed by atoms with Gasteiger partial charge >= 0.3 is 6.55 Å². The van der Waals surface area contributed by atoms with Crippen LogP contribution in [0.15, 0.2) is 30.6 Å². The van der Waals surface area contributed by atoms with Gasteiger partial charge in [-0.3, -0.25) is 9.48 Å². The molecule has 1 aromatic carbocycles. The van der Waals surface area contributed by atoms with E-state index in [4.69, 9.17) is 4.11 Å². The fourth-order valence-corrected chi connectivity index (χ4v) is 2.39. The summed E-state index contributed by atoms with van der Waals surface area (Å²) >= 11 is 0. The van der Waals surface area contributed by atoms with Gasteiger partial charge in [0.15, 0.2) is 5.78 Å². The number of Topliss-reactive ketones (excluding diaryl/α,β-unsaturated/α-hetero) is 1. The van der Waals surface area contributed by atoms with E-state index < -0.39 is 13.5 Å². The monoisotopic (exact) mass is 321 g/mol. The molecule has 0 fully saturated rings. The number of halogens is 2. The summed E-state index contributed by atoms with van der Waals surface area (Å²) in [5, 5.41) is 7.91.